The Morgan fingerprint density at radius 1 is 0.429 bits per heavy atom. The molecule has 0 aliphatic rings. The lowest BCUT2D eigenvalue weighted by atomic mass is 9.98. The van der Waals surface area contributed by atoms with Crippen molar-refractivity contribution in [3.63, 3.8) is 0 Å². The van der Waals surface area contributed by atoms with Crippen molar-refractivity contribution in [2.45, 2.75) is 0 Å². The lowest BCUT2D eigenvalue weighted by Gasteiger charge is -2.14. The predicted octanol–water partition coefficient (Wildman–Crippen LogP) is 12.0. The average Bonchev–Trinajstić information content (AvgIpc) is 3.55. The predicted molar refractivity (Wildman–Crippen MR) is 205 cm³/mol. The summed E-state index contributed by atoms with van der Waals surface area (Å²) in [7, 11) is 0. The monoisotopic (exact) mass is 628 g/mol. The summed E-state index contributed by atoms with van der Waals surface area (Å²) in [6.07, 6.45) is 0. The summed E-state index contributed by atoms with van der Waals surface area (Å²) in [5.41, 5.74) is 6.96. The number of fused-ring (bicyclic) bond motifs is 7. The lowest BCUT2D eigenvalue weighted by molar-refractivity contribution is 1.01. The summed E-state index contributed by atoms with van der Waals surface area (Å²) in [4.78, 5) is 10.6. The third-order valence-electron chi connectivity index (χ3n) is 9.46. The minimum atomic E-state index is -0.423. The summed E-state index contributed by atoms with van der Waals surface area (Å²) >= 11 is 0. The van der Waals surface area contributed by atoms with E-state index in [-0.39, 0.29) is 29.7 Å². The van der Waals surface area contributed by atoms with E-state index in [1.165, 1.54) is 0 Å². The van der Waals surface area contributed by atoms with E-state index in [0.29, 0.717) is 28.1 Å². The van der Waals surface area contributed by atoms with E-state index in [1.54, 1.807) is 6.07 Å². The Labute approximate surface area is 290 Å². The highest BCUT2D eigenvalue weighted by Gasteiger charge is 2.20. The van der Waals surface area contributed by atoms with Crippen LogP contribution in [-0.2, 0) is 0 Å². The summed E-state index contributed by atoms with van der Waals surface area (Å²) in [6.45, 7) is 0. The molecule has 0 saturated carbocycles. The highest BCUT2D eigenvalue weighted by atomic mass is 15.2. The Bertz CT molecular complexity index is 3130. The fourth-order valence-corrected chi connectivity index (χ4v) is 7.13. The molecule has 2 heterocycles. The average molecular weight is 629 g/mol. The third kappa shape index (κ3) is 4.51. The second-order valence-electron chi connectivity index (χ2n) is 12.3. The first kappa shape index (κ1) is 22.9. The van der Waals surface area contributed by atoms with Crippen molar-refractivity contribution in [1.82, 2.24) is 14.5 Å². The Balaban J connectivity index is 1.28. The van der Waals surface area contributed by atoms with Crippen LogP contribution < -0.4 is 0 Å². The number of benzene rings is 8. The van der Waals surface area contributed by atoms with Gasteiger partial charge in [0.25, 0.3) is 0 Å². The number of nitrogens with zero attached hydrogens (tertiary/aromatic N) is 3. The van der Waals surface area contributed by atoms with Crippen LogP contribution in [0.2, 0.25) is 0 Å². The summed E-state index contributed by atoms with van der Waals surface area (Å²) in [6, 6.07) is 47.8. The van der Waals surface area contributed by atoms with Crippen molar-refractivity contribution in [2.75, 3.05) is 0 Å². The van der Waals surface area contributed by atoms with Crippen LogP contribution in [-0.4, -0.2) is 14.5 Å². The van der Waals surface area contributed by atoms with Gasteiger partial charge in [-0.3, -0.25) is 4.57 Å². The molecule has 0 aliphatic carbocycles. The van der Waals surface area contributed by atoms with Gasteiger partial charge in [-0.05, 0) is 74.1 Å². The minimum Gasteiger partial charge on any atom is -0.278 e. The van der Waals surface area contributed by atoms with E-state index in [0.717, 1.165) is 60.0 Å². The number of rotatable bonds is 4. The maximum absolute atomic E-state index is 8.69. The third-order valence-corrected chi connectivity index (χ3v) is 9.46. The molecule has 0 unspecified atom stereocenters. The molecule has 0 amide bonds. The van der Waals surface area contributed by atoms with Crippen LogP contribution in [0.5, 0.6) is 0 Å². The first-order valence-corrected chi connectivity index (χ1v) is 16.3. The van der Waals surface area contributed by atoms with Crippen LogP contribution in [0.25, 0.3) is 93.7 Å². The van der Waals surface area contributed by atoms with E-state index in [9.17, 15) is 0 Å². The summed E-state index contributed by atoms with van der Waals surface area (Å²) in [5, 5.41) is 7.49. The summed E-state index contributed by atoms with van der Waals surface area (Å²) in [5.74, 6) is 0.505. The fraction of sp³-hybridized carbons (Fsp3) is 0. The Morgan fingerprint density at radius 3 is 1.92 bits per heavy atom. The lowest BCUT2D eigenvalue weighted by Crippen LogP contribution is -2.03. The topological polar surface area (TPSA) is 30.7 Å². The van der Waals surface area contributed by atoms with Gasteiger partial charge >= 0.3 is 0 Å². The van der Waals surface area contributed by atoms with Gasteiger partial charge in [0.2, 0.25) is 5.95 Å². The van der Waals surface area contributed by atoms with Crippen molar-refractivity contribution >= 4 is 54.3 Å². The van der Waals surface area contributed by atoms with Gasteiger partial charge in [0, 0.05) is 21.7 Å². The molecule has 0 atom stereocenters. The molecular weight excluding hydrogens is 595 g/mol. The van der Waals surface area contributed by atoms with E-state index >= 15 is 0 Å². The van der Waals surface area contributed by atoms with Crippen LogP contribution in [0.3, 0.4) is 0 Å². The molecular formula is C46H29N3. The number of aromatic nitrogens is 3. The van der Waals surface area contributed by atoms with Gasteiger partial charge in [0.15, 0.2) is 0 Å². The largest absolute Gasteiger partial charge is 0.278 e. The van der Waals surface area contributed by atoms with Gasteiger partial charge < -0.3 is 0 Å². The standard InChI is InChI=1S/C46H29N3/c1-3-11-30(12-4-1)32-19-21-34(22-20-32)45-39-27-37(31-13-5-2-6-14-31)23-25-41(39)47-46(48-45)49-42-26-24-33-15-9-10-18-38(33)44(42)40-28-35-16-7-8-17-36(35)29-43(40)49/h1-29H/i2D,5D,6D,13D,14D. The first-order chi connectivity index (χ1) is 26.4. The zero-order valence-corrected chi connectivity index (χ0v) is 26.2. The molecule has 3 heteroatoms. The highest BCUT2D eigenvalue weighted by molar-refractivity contribution is 6.23. The zero-order chi connectivity index (χ0) is 36.7. The van der Waals surface area contributed by atoms with E-state index < -0.39 is 6.04 Å². The highest BCUT2D eigenvalue weighted by Crippen LogP contribution is 2.40. The maximum atomic E-state index is 8.69. The molecule has 0 saturated heterocycles. The maximum Gasteiger partial charge on any atom is 0.235 e. The Morgan fingerprint density at radius 2 is 1.10 bits per heavy atom. The van der Waals surface area contributed by atoms with Crippen LogP contribution in [0, 0.1) is 0 Å². The van der Waals surface area contributed by atoms with Crippen molar-refractivity contribution in [2.24, 2.45) is 0 Å². The molecule has 0 N–H and O–H groups in total. The van der Waals surface area contributed by atoms with Crippen molar-refractivity contribution in [1.29, 1.82) is 0 Å². The molecule has 8 aromatic carbocycles. The van der Waals surface area contributed by atoms with Gasteiger partial charge in [-0.2, -0.15) is 0 Å². The van der Waals surface area contributed by atoms with Crippen molar-refractivity contribution in [3.05, 3.63) is 176 Å². The van der Waals surface area contributed by atoms with Gasteiger partial charge in [-0.15, -0.1) is 0 Å². The molecule has 10 aromatic rings. The first-order valence-electron chi connectivity index (χ1n) is 18.8. The van der Waals surface area contributed by atoms with Crippen LogP contribution in [0.1, 0.15) is 6.85 Å². The molecule has 10 rings (SSSR count). The molecule has 0 spiro atoms. The molecule has 49 heavy (non-hydrogen) atoms. The Hall–Kier alpha value is -6.58. The number of hydrogen-bond acceptors (Lipinski definition) is 2. The number of hydrogen-bond donors (Lipinski definition) is 0. The van der Waals surface area contributed by atoms with Crippen LogP contribution in [0.15, 0.2) is 176 Å². The van der Waals surface area contributed by atoms with Crippen LogP contribution in [0.4, 0.5) is 0 Å². The SMILES string of the molecule is [2H]c1c([2H])c([2H])c(-c2ccc3nc(-n4c5cc6ccccc6cc5c5c6ccccc6ccc54)nc(-c4ccc(-c5ccccc5)cc4)c3c2)c([2H])c1[2H]. The molecule has 0 aliphatic heterocycles. The molecule has 0 bridgehead atoms. The van der Waals surface area contributed by atoms with Crippen LogP contribution >= 0.6 is 0 Å². The molecule has 0 fully saturated rings. The Kier molecular flexibility index (Phi) is 5.13. The quantitative estimate of drug-likeness (QED) is 0.194. The van der Waals surface area contributed by atoms with Gasteiger partial charge in [0.05, 0.1) is 29.1 Å². The smallest absolute Gasteiger partial charge is 0.235 e. The second-order valence-corrected chi connectivity index (χ2v) is 12.3. The fourth-order valence-electron chi connectivity index (χ4n) is 7.13. The molecule has 228 valence electrons. The van der Waals surface area contributed by atoms with Crippen molar-refractivity contribution in [3.8, 4) is 39.5 Å². The van der Waals surface area contributed by atoms with Gasteiger partial charge in [-0.1, -0.05) is 145 Å². The van der Waals surface area contributed by atoms with Crippen molar-refractivity contribution < 1.29 is 6.85 Å². The minimum absolute atomic E-state index is 0.138. The normalized spacial score (nSPS) is 13.1. The molecule has 3 nitrogen and oxygen atoms in total. The van der Waals surface area contributed by atoms with E-state index in [4.69, 9.17) is 16.8 Å². The zero-order valence-electron chi connectivity index (χ0n) is 31.2. The van der Waals surface area contributed by atoms with E-state index in [2.05, 4.69) is 108 Å². The second kappa shape index (κ2) is 11.0. The summed E-state index contributed by atoms with van der Waals surface area (Å²) < 4.78 is 44.3. The van der Waals surface area contributed by atoms with Gasteiger partial charge in [0.1, 0.15) is 0 Å². The van der Waals surface area contributed by atoms with Gasteiger partial charge in [-0.25, -0.2) is 9.97 Å². The van der Waals surface area contributed by atoms with E-state index in [1.807, 2.05) is 36.4 Å². The molecule has 0 radical (unpaired) electrons. The molecule has 2 aromatic heterocycles.